The van der Waals surface area contributed by atoms with E-state index in [2.05, 4.69) is 31.9 Å². The number of sulfonamides is 1. The van der Waals surface area contributed by atoms with Crippen LogP contribution in [0.4, 0.5) is 5.69 Å². The van der Waals surface area contributed by atoms with Crippen LogP contribution in [0, 0.1) is 6.92 Å². The smallest absolute Gasteiger partial charge is 0.335 e. The largest absolute Gasteiger partial charge is 0.478 e. The van der Waals surface area contributed by atoms with Crippen molar-refractivity contribution in [1.82, 2.24) is 0 Å². The molecular weight excluding hydrogens is 486 g/mol. The summed E-state index contributed by atoms with van der Waals surface area (Å²) >= 11 is 6.78. The molecule has 0 amide bonds. The molecule has 1 N–H and O–H groups in total. The predicted molar refractivity (Wildman–Crippen MR) is 109 cm³/mol. The molecule has 2 rings (SSSR count). The van der Waals surface area contributed by atoms with Crippen LogP contribution in [0.25, 0.3) is 0 Å². The van der Waals surface area contributed by atoms with E-state index in [0.29, 0.717) is 24.2 Å². The highest BCUT2D eigenvalue weighted by Gasteiger charge is 2.27. The second kappa shape index (κ2) is 8.54. The lowest BCUT2D eigenvalue weighted by atomic mass is 10.1. The Balaban J connectivity index is 2.63. The van der Waals surface area contributed by atoms with Crippen LogP contribution >= 0.6 is 31.9 Å². The van der Waals surface area contributed by atoms with Gasteiger partial charge < -0.3 is 5.11 Å². The van der Waals surface area contributed by atoms with Gasteiger partial charge in [-0.3, -0.25) is 4.31 Å². The zero-order valence-corrected chi connectivity index (χ0v) is 18.4. The number of nitrogens with zero attached hydrogens (tertiary/aromatic N) is 1. The molecule has 2 aromatic carbocycles. The fourth-order valence-corrected chi connectivity index (χ4v) is 5.51. The van der Waals surface area contributed by atoms with Crippen molar-refractivity contribution in [1.29, 1.82) is 0 Å². The molecule has 0 bridgehead atoms. The third-order valence-corrected chi connectivity index (χ3v) is 6.74. The van der Waals surface area contributed by atoms with Crippen molar-refractivity contribution < 1.29 is 18.3 Å². The summed E-state index contributed by atoms with van der Waals surface area (Å²) in [5, 5.41) is 9.21. The van der Waals surface area contributed by atoms with Crippen LogP contribution < -0.4 is 4.31 Å². The standard InChI is InChI=1S/C18H19Br2NO4S/c1-3-4-7-21(16-10-14(19)9-15(20)11-16)26(24,25)17-8-13(18(22)23)6-5-12(17)2/h5-6,8-11H,3-4,7H2,1-2H3,(H,22,23). The van der Waals surface area contributed by atoms with Gasteiger partial charge in [0.2, 0.25) is 0 Å². The minimum absolute atomic E-state index is 0.00426. The maximum atomic E-state index is 13.4. The Bertz CT molecular complexity index is 909. The van der Waals surface area contributed by atoms with Crippen molar-refractivity contribution in [2.75, 3.05) is 10.8 Å². The Morgan fingerprint density at radius 2 is 1.73 bits per heavy atom. The minimum atomic E-state index is -3.92. The summed E-state index contributed by atoms with van der Waals surface area (Å²) in [7, 11) is -3.92. The zero-order chi connectivity index (χ0) is 19.5. The first-order chi connectivity index (χ1) is 12.2. The number of carboxylic acids is 1. The molecule has 0 saturated carbocycles. The quantitative estimate of drug-likeness (QED) is 0.561. The van der Waals surface area contributed by atoms with Crippen LogP contribution in [-0.2, 0) is 10.0 Å². The Kier molecular flexibility index (Phi) is 6.87. The second-order valence-electron chi connectivity index (χ2n) is 5.84. The summed E-state index contributed by atoms with van der Waals surface area (Å²) in [5.41, 5.74) is 0.963. The molecule has 8 heteroatoms. The monoisotopic (exact) mass is 503 g/mol. The number of unbranched alkanes of at least 4 members (excludes halogenated alkanes) is 1. The topological polar surface area (TPSA) is 74.7 Å². The molecule has 0 atom stereocenters. The lowest BCUT2D eigenvalue weighted by molar-refractivity contribution is 0.0696. The van der Waals surface area contributed by atoms with Gasteiger partial charge in [-0.1, -0.05) is 51.3 Å². The molecular formula is C18H19Br2NO4S. The van der Waals surface area contributed by atoms with Crippen LogP contribution in [0.2, 0.25) is 0 Å². The lowest BCUT2D eigenvalue weighted by Crippen LogP contribution is -2.32. The average molecular weight is 505 g/mol. The molecule has 0 aliphatic rings. The number of rotatable bonds is 7. The predicted octanol–water partition coefficient (Wildman–Crippen LogP) is 5.21. The van der Waals surface area contributed by atoms with Crippen LogP contribution in [0.3, 0.4) is 0 Å². The van der Waals surface area contributed by atoms with Gasteiger partial charge in [0.25, 0.3) is 10.0 Å². The second-order valence-corrected chi connectivity index (χ2v) is 9.51. The van der Waals surface area contributed by atoms with E-state index in [1.807, 2.05) is 13.0 Å². The van der Waals surface area contributed by atoms with E-state index >= 15 is 0 Å². The van der Waals surface area contributed by atoms with Gasteiger partial charge >= 0.3 is 5.97 Å². The Morgan fingerprint density at radius 1 is 1.12 bits per heavy atom. The molecule has 5 nitrogen and oxygen atoms in total. The summed E-state index contributed by atoms with van der Waals surface area (Å²) in [4.78, 5) is 11.3. The van der Waals surface area contributed by atoms with E-state index in [1.54, 1.807) is 19.1 Å². The van der Waals surface area contributed by atoms with Crippen molar-refractivity contribution in [2.45, 2.75) is 31.6 Å². The number of hydrogen-bond acceptors (Lipinski definition) is 3. The number of aromatic carboxylic acids is 1. The van der Waals surface area contributed by atoms with E-state index < -0.39 is 16.0 Å². The number of carboxylic acid groups (broad SMARTS) is 1. The third kappa shape index (κ3) is 4.66. The highest BCUT2D eigenvalue weighted by atomic mass is 79.9. The van der Waals surface area contributed by atoms with Crippen molar-refractivity contribution >= 4 is 53.5 Å². The van der Waals surface area contributed by atoms with Gasteiger partial charge in [0.1, 0.15) is 0 Å². The molecule has 0 radical (unpaired) electrons. The fourth-order valence-electron chi connectivity index (χ4n) is 2.50. The number of carbonyl (C=O) groups is 1. The number of benzene rings is 2. The summed E-state index contributed by atoms with van der Waals surface area (Å²) in [6, 6.07) is 9.43. The van der Waals surface area contributed by atoms with Gasteiger partial charge in [-0.15, -0.1) is 0 Å². The first-order valence-corrected chi connectivity index (χ1v) is 11.0. The zero-order valence-electron chi connectivity index (χ0n) is 14.4. The van der Waals surface area contributed by atoms with Gasteiger partial charge in [-0.05, 0) is 49.2 Å². The number of halogens is 2. The van der Waals surface area contributed by atoms with Crippen LogP contribution in [-0.4, -0.2) is 26.0 Å². The lowest BCUT2D eigenvalue weighted by Gasteiger charge is -2.26. The minimum Gasteiger partial charge on any atom is -0.478 e. The fraction of sp³-hybridized carbons (Fsp3) is 0.278. The number of anilines is 1. The molecule has 0 aliphatic carbocycles. The molecule has 0 unspecified atom stereocenters. The number of aryl methyl sites for hydroxylation is 1. The van der Waals surface area contributed by atoms with E-state index in [9.17, 15) is 18.3 Å². The maximum absolute atomic E-state index is 13.4. The molecule has 0 fully saturated rings. The van der Waals surface area contributed by atoms with Crippen molar-refractivity contribution in [2.24, 2.45) is 0 Å². The molecule has 140 valence electrons. The average Bonchev–Trinajstić information content (AvgIpc) is 2.54. The highest BCUT2D eigenvalue weighted by molar-refractivity contribution is 9.11. The Hall–Kier alpha value is -1.38. The maximum Gasteiger partial charge on any atom is 0.335 e. The van der Waals surface area contributed by atoms with Gasteiger partial charge in [-0.25, -0.2) is 13.2 Å². The first kappa shape index (κ1) is 20.9. The van der Waals surface area contributed by atoms with Gasteiger partial charge in [-0.2, -0.15) is 0 Å². The summed E-state index contributed by atoms with van der Waals surface area (Å²) in [6.45, 7) is 3.95. The summed E-state index contributed by atoms with van der Waals surface area (Å²) in [5.74, 6) is -1.16. The summed E-state index contributed by atoms with van der Waals surface area (Å²) in [6.07, 6.45) is 1.51. The van der Waals surface area contributed by atoms with Crippen LogP contribution in [0.15, 0.2) is 50.2 Å². The van der Waals surface area contributed by atoms with Crippen molar-refractivity contribution in [3.63, 3.8) is 0 Å². The highest BCUT2D eigenvalue weighted by Crippen LogP contribution is 2.31. The summed E-state index contributed by atoms with van der Waals surface area (Å²) < 4.78 is 29.5. The molecule has 0 spiro atoms. The molecule has 0 aromatic heterocycles. The van der Waals surface area contributed by atoms with Gasteiger partial charge in [0.15, 0.2) is 0 Å². The molecule has 2 aromatic rings. The van der Waals surface area contributed by atoms with E-state index in [0.717, 1.165) is 15.4 Å². The third-order valence-electron chi connectivity index (χ3n) is 3.85. The molecule has 0 heterocycles. The molecule has 26 heavy (non-hydrogen) atoms. The van der Waals surface area contributed by atoms with Crippen LogP contribution in [0.1, 0.15) is 35.7 Å². The Morgan fingerprint density at radius 3 is 2.27 bits per heavy atom. The van der Waals surface area contributed by atoms with E-state index in [4.69, 9.17) is 0 Å². The number of hydrogen-bond donors (Lipinski definition) is 1. The SMILES string of the molecule is CCCCN(c1cc(Br)cc(Br)c1)S(=O)(=O)c1cc(C(=O)O)ccc1C. The van der Waals surface area contributed by atoms with Gasteiger partial charge in [0.05, 0.1) is 16.1 Å². The van der Waals surface area contributed by atoms with Crippen molar-refractivity contribution in [3.8, 4) is 0 Å². The van der Waals surface area contributed by atoms with E-state index in [-0.39, 0.29) is 10.5 Å². The molecule has 0 aliphatic heterocycles. The van der Waals surface area contributed by atoms with Gasteiger partial charge in [0, 0.05) is 15.5 Å². The van der Waals surface area contributed by atoms with Crippen LogP contribution in [0.5, 0.6) is 0 Å². The first-order valence-electron chi connectivity index (χ1n) is 7.99. The van der Waals surface area contributed by atoms with E-state index in [1.165, 1.54) is 22.5 Å². The Labute approximate surface area is 170 Å². The molecule has 0 saturated heterocycles. The van der Waals surface area contributed by atoms with Crippen molar-refractivity contribution in [3.05, 3.63) is 56.5 Å². The normalized spacial score (nSPS) is 11.4.